The Morgan fingerprint density at radius 2 is 2.12 bits per heavy atom. The molecule has 0 bridgehead atoms. The van der Waals surface area contributed by atoms with Gasteiger partial charge < -0.3 is 5.32 Å². The minimum absolute atomic E-state index is 0.463. The topological polar surface area (TPSA) is 24.9 Å². The zero-order valence-electron chi connectivity index (χ0n) is 11.4. The molecule has 2 heteroatoms. The highest BCUT2D eigenvalue weighted by Gasteiger charge is 2.14. The van der Waals surface area contributed by atoms with Gasteiger partial charge in [-0.3, -0.25) is 4.98 Å². The Hall–Kier alpha value is -0.890. The van der Waals surface area contributed by atoms with Gasteiger partial charge in [-0.25, -0.2) is 0 Å². The lowest BCUT2D eigenvalue weighted by atomic mass is 9.93. The van der Waals surface area contributed by atoms with Crippen LogP contribution in [-0.4, -0.2) is 11.5 Å². The van der Waals surface area contributed by atoms with Gasteiger partial charge in [-0.05, 0) is 36.9 Å². The molecule has 96 valence electrons. The van der Waals surface area contributed by atoms with Crippen LogP contribution in [0, 0.1) is 5.92 Å². The van der Waals surface area contributed by atoms with Crippen molar-refractivity contribution in [1.29, 1.82) is 0 Å². The van der Waals surface area contributed by atoms with Gasteiger partial charge in [0.15, 0.2) is 0 Å². The zero-order chi connectivity index (χ0) is 12.5. The second-order valence-electron chi connectivity index (χ2n) is 4.92. The summed E-state index contributed by atoms with van der Waals surface area (Å²) in [7, 11) is 0. The summed E-state index contributed by atoms with van der Waals surface area (Å²) in [6.07, 6.45) is 8.81. The van der Waals surface area contributed by atoms with Crippen LogP contribution in [0.1, 0.15) is 58.1 Å². The normalized spacial score (nSPS) is 14.5. The Kier molecular flexibility index (Phi) is 6.87. The van der Waals surface area contributed by atoms with Crippen molar-refractivity contribution in [2.24, 2.45) is 5.92 Å². The first-order chi connectivity index (χ1) is 8.27. The van der Waals surface area contributed by atoms with Crippen molar-refractivity contribution in [3.8, 4) is 0 Å². The summed E-state index contributed by atoms with van der Waals surface area (Å²) in [6.45, 7) is 7.90. The molecule has 0 radical (unpaired) electrons. The van der Waals surface area contributed by atoms with E-state index in [1.165, 1.54) is 31.2 Å². The van der Waals surface area contributed by atoms with Gasteiger partial charge in [0.25, 0.3) is 0 Å². The molecule has 0 amide bonds. The number of rotatable bonds is 8. The number of nitrogens with one attached hydrogen (secondary N) is 1. The second kappa shape index (κ2) is 8.24. The molecule has 1 N–H and O–H groups in total. The average molecular weight is 234 g/mol. The minimum atomic E-state index is 0.463. The van der Waals surface area contributed by atoms with Gasteiger partial charge >= 0.3 is 0 Å². The molecule has 1 rings (SSSR count). The van der Waals surface area contributed by atoms with Gasteiger partial charge in [-0.2, -0.15) is 0 Å². The molecule has 0 spiro atoms. The number of nitrogens with zero attached hydrogens (tertiary/aromatic N) is 1. The van der Waals surface area contributed by atoms with Crippen molar-refractivity contribution < 1.29 is 0 Å². The van der Waals surface area contributed by atoms with Gasteiger partial charge in [0.05, 0.1) is 0 Å². The largest absolute Gasteiger partial charge is 0.310 e. The quantitative estimate of drug-likeness (QED) is 0.736. The van der Waals surface area contributed by atoms with Crippen LogP contribution in [0.25, 0.3) is 0 Å². The molecule has 0 aliphatic heterocycles. The Morgan fingerprint density at radius 3 is 2.71 bits per heavy atom. The fourth-order valence-corrected chi connectivity index (χ4v) is 2.25. The molecule has 0 aliphatic carbocycles. The fourth-order valence-electron chi connectivity index (χ4n) is 2.25. The summed E-state index contributed by atoms with van der Waals surface area (Å²) in [5.74, 6) is 0.773. The van der Waals surface area contributed by atoms with E-state index in [-0.39, 0.29) is 0 Å². The van der Waals surface area contributed by atoms with Crippen molar-refractivity contribution in [1.82, 2.24) is 10.3 Å². The van der Waals surface area contributed by atoms with E-state index in [9.17, 15) is 0 Å². The minimum Gasteiger partial charge on any atom is -0.310 e. The fraction of sp³-hybridized carbons (Fsp3) is 0.667. The summed E-state index contributed by atoms with van der Waals surface area (Å²) in [6, 6.07) is 4.67. The van der Waals surface area contributed by atoms with E-state index in [1.807, 2.05) is 18.5 Å². The lowest BCUT2D eigenvalue weighted by Gasteiger charge is -2.22. The van der Waals surface area contributed by atoms with Crippen LogP contribution in [-0.2, 0) is 0 Å². The maximum atomic E-state index is 4.23. The molecule has 2 unspecified atom stereocenters. The Balaban J connectivity index is 2.60. The molecular weight excluding hydrogens is 208 g/mol. The molecule has 0 fully saturated rings. The van der Waals surface area contributed by atoms with Crippen molar-refractivity contribution in [2.75, 3.05) is 6.54 Å². The van der Waals surface area contributed by atoms with E-state index >= 15 is 0 Å². The standard InChI is InChI=1S/C15H26N2/c1-4-7-13(3)11-15(17-9-5-2)14-8-6-10-16-12-14/h6,8,10,12-13,15,17H,4-5,7,9,11H2,1-3H3. The molecular formula is C15H26N2. The van der Waals surface area contributed by atoms with E-state index in [1.54, 1.807) is 0 Å². The second-order valence-corrected chi connectivity index (χ2v) is 4.92. The number of pyridine rings is 1. The van der Waals surface area contributed by atoms with E-state index in [0.717, 1.165) is 12.5 Å². The lowest BCUT2D eigenvalue weighted by Crippen LogP contribution is -2.24. The highest BCUT2D eigenvalue weighted by Crippen LogP contribution is 2.23. The summed E-state index contributed by atoms with van der Waals surface area (Å²) in [4.78, 5) is 4.23. The summed E-state index contributed by atoms with van der Waals surface area (Å²) in [5.41, 5.74) is 1.32. The van der Waals surface area contributed by atoms with Crippen LogP contribution in [0.2, 0.25) is 0 Å². The molecule has 1 aromatic heterocycles. The molecule has 0 saturated carbocycles. The highest BCUT2D eigenvalue weighted by atomic mass is 14.9. The third kappa shape index (κ3) is 5.31. The molecule has 17 heavy (non-hydrogen) atoms. The highest BCUT2D eigenvalue weighted by molar-refractivity contribution is 5.13. The summed E-state index contributed by atoms with van der Waals surface area (Å²) >= 11 is 0. The average Bonchev–Trinajstić information content (AvgIpc) is 2.36. The number of hydrogen-bond donors (Lipinski definition) is 1. The van der Waals surface area contributed by atoms with E-state index in [2.05, 4.69) is 37.1 Å². The van der Waals surface area contributed by atoms with E-state index < -0.39 is 0 Å². The third-order valence-corrected chi connectivity index (χ3v) is 3.15. The first-order valence-corrected chi connectivity index (χ1v) is 6.91. The monoisotopic (exact) mass is 234 g/mol. The van der Waals surface area contributed by atoms with Crippen LogP contribution in [0.4, 0.5) is 0 Å². The zero-order valence-corrected chi connectivity index (χ0v) is 11.4. The van der Waals surface area contributed by atoms with Gasteiger partial charge in [0.1, 0.15) is 0 Å². The van der Waals surface area contributed by atoms with Crippen LogP contribution in [0.3, 0.4) is 0 Å². The predicted octanol–water partition coefficient (Wildman–Crippen LogP) is 3.95. The van der Waals surface area contributed by atoms with Gasteiger partial charge in [0.2, 0.25) is 0 Å². The maximum absolute atomic E-state index is 4.23. The van der Waals surface area contributed by atoms with Crippen molar-refractivity contribution in [3.05, 3.63) is 30.1 Å². The van der Waals surface area contributed by atoms with Gasteiger partial charge in [-0.1, -0.05) is 39.7 Å². The smallest absolute Gasteiger partial charge is 0.0338 e. The lowest BCUT2D eigenvalue weighted by molar-refractivity contribution is 0.389. The Bertz CT molecular complexity index is 284. The molecule has 0 aliphatic rings. The summed E-state index contributed by atoms with van der Waals surface area (Å²) < 4.78 is 0. The first kappa shape index (κ1) is 14.2. The molecule has 1 aromatic rings. The molecule has 2 nitrogen and oxygen atoms in total. The van der Waals surface area contributed by atoms with Crippen molar-refractivity contribution >= 4 is 0 Å². The van der Waals surface area contributed by atoms with Crippen LogP contribution in [0.5, 0.6) is 0 Å². The van der Waals surface area contributed by atoms with Crippen LogP contribution < -0.4 is 5.32 Å². The van der Waals surface area contributed by atoms with Gasteiger partial charge in [-0.15, -0.1) is 0 Å². The van der Waals surface area contributed by atoms with Crippen LogP contribution in [0.15, 0.2) is 24.5 Å². The van der Waals surface area contributed by atoms with Crippen molar-refractivity contribution in [3.63, 3.8) is 0 Å². The Morgan fingerprint density at radius 1 is 1.29 bits per heavy atom. The first-order valence-electron chi connectivity index (χ1n) is 6.91. The predicted molar refractivity (Wildman–Crippen MR) is 74.0 cm³/mol. The molecule has 2 atom stereocenters. The molecule has 1 heterocycles. The molecule has 0 saturated heterocycles. The van der Waals surface area contributed by atoms with Crippen LogP contribution >= 0.6 is 0 Å². The van der Waals surface area contributed by atoms with E-state index in [4.69, 9.17) is 0 Å². The maximum Gasteiger partial charge on any atom is 0.0338 e. The third-order valence-electron chi connectivity index (χ3n) is 3.15. The summed E-state index contributed by atoms with van der Waals surface area (Å²) in [5, 5.41) is 3.64. The van der Waals surface area contributed by atoms with E-state index in [0.29, 0.717) is 6.04 Å². The SMILES string of the molecule is CCCNC(CC(C)CCC)c1cccnc1. The number of aromatic nitrogens is 1. The Labute approximate surface area is 106 Å². The van der Waals surface area contributed by atoms with Gasteiger partial charge in [0, 0.05) is 18.4 Å². The molecule has 0 aromatic carbocycles. The number of hydrogen-bond acceptors (Lipinski definition) is 2. The van der Waals surface area contributed by atoms with Crippen molar-refractivity contribution in [2.45, 2.75) is 52.5 Å².